The van der Waals surface area contributed by atoms with Crippen LogP contribution >= 0.6 is 43.5 Å². The van der Waals surface area contributed by atoms with E-state index in [-0.39, 0.29) is 24.0 Å². The lowest BCUT2D eigenvalue weighted by molar-refractivity contribution is -0.114. The highest BCUT2D eigenvalue weighted by Gasteiger charge is 2.19. The monoisotopic (exact) mass is 624 g/mol. The molecule has 0 atom stereocenters. The van der Waals surface area contributed by atoms with Crippen LogP contribution in [-0.4, -0.2) is 24.0 Å². The van der Waals surface area contributed by atoms with Crippen molar-refractivity contribution in [2.75, 3.05) is 17.2 Å². The van der Waals surface area contributed by atoms with Gasteiger partial charge in [-0.05, 0) is 48.5 Å². The van der Waals surface area contributed by atoms with Gasteiger partial charge in [0.1, 0.15) is 0 Å². The standard InChI is InChI=1S/C28H19Br2ClN2O3/c29-18-10-12-24(21(14-18)27(35)17-6-2-1-3-7-17)32-16-26(34)33-25-13-11-19(30)15-22(25)28(36)20-8-4-5-9-23(20)31/h1-15,32H,16H2,(H,33,34). The van der Waals surface area contributed by atoms with Crippen molar-refractivity contribution in [3.63, 3.8) is 0 Å². The third-order valence-corrected chi connectivity index (χ3v) is 6.64. The van der Waals surface area contributed by atoms with Crippen molar-refractivity contribution in [1.29, 1.82) is 0 Å². The molecule has 0 unspecified atom stereocenters. The normalized spacial score (nSPS) is 10.5. The number of anilines is 2. The molecule has 4 aromatic carbocycles. The minimum atomic E-state index is -0.383. The summed E-state index contributed by atoms with van der Waals surface area (Å²) in [6, 6.07) is 25.9. The highest BCUT2D eigenvalue weighted by molar-refractivity contribution is 9.10. The Morgan fingerprint density at radius 3 is 1.92 bits per heavy atom. The summed E-state index contributed by atoms with van der Waals surface area (Å²) in [6.07, 6.45) is 0. The predicted octanol–water partition coefficient (Wildman–Crippen LogP) is 7.38. The van der Waals surface area contributed by atoms with E-state index < -0.39 is 0 Å². The lowest BCUT2D eigenvalue weighted by atomic mass is 10.0. The summed E-state index contributed by atoms with van der Waals surface area (Å²) in [5.41, 5.74) is 2.48. The number of amides is 1. The van der Waals surface area contributed by atoms with Crippen molar-refractivity contribution in [1.82, 2.24) is 0 Å². The summed E-state index contributed by atoms with van der Waals surface area (Å²) in [5.74, 6) is -0.860. The molecule has 4 aromatic rings. The molecule has 0 aliphatic carbocycles. The second-order valence-electron chi connectivity index (χ2n) is 7.79. The van der Waals surface area contributed by atoms with Crippen molar-refractivity contribution in [3.8, 4) is 0 Å². The fraction of sp³-hybridized carbons (Fsp3) is 0.0357. The lowest BCUT2D eigenvalue weighted by Crippen LogP contribution is -2.24. The van der Waals surface area contributed by atoms with Crippen LogP contribution in [0.2, 0.25) is 5.02 Å². The summed E-state index contributed by atoms with van der Waals surface area (Å²) in [5, 5.41) is 6.16. The number of ketones is 2. The Bertz CT molecular complexity index is 1460. The van der Waals surface area contributed by atoms with Gasteiger partial charge in [0.2, 0.25) is 5.91 Å². The average Bonchev–Trinajstić information content (AvgIpc) is 2.89. The third-order valence-electron chi connectivity index (χ3n) is 5.32. The number of hydrogen-bond acceptors (Lipinski definition) is 4. The second-order valence-corrected chi connectivity index (χ2v) is 10.0. The van der Waals surface area contributed by atoms with Gasteiger partial charge in [-0.2, -0.15) is 0 Å². The Morgan fingerprint density at radius 2 is 1.25 bits per heavy atom. The maximum Gasteiger partial charge on any atom is 0.243 e. The van der Waals surface area contributed by atoms with Gasteiger partial charge in [0, 0.05) is 36.9 Å². The Labute approximate surface area is 230 Å². The zero-order chi connectivity index (χ0) is 25.7. The molecule has 1 amide bonds. The van der Waals surface area contributed by atoms with Crippen LogP contribution in [-0.2, 0) is 4.79 Å². The van der Waals surface area contributed by atoms with Crippen molar-refractivity contribution in [3.05, 3.63) is 127 Å². The van der Waals surface area contributed by atoms with Gasteiger partial charge >= 0.3 is 0 Å². The summed E-state index contributed by atoms with van der Waals surface area (Å²) in [4.78, 5) is 39.1. The van der Waals surface area contributed by atoms with Gasteiger partial charge in [-0.15, -0.1) is 0 Å². The largest absolute Gasteiger partial charge is 0.376 e. The van der Waals surface area contributed by atoms with Crippen molar-refractivity contribution < 1.29 is 14.4 Å². The molecule has 0 fully saturated rings. The smallest absolute Gasteiger partial charge is 0.243 e. The number of carbonyl (C=O) groups is 3. The maximum atomic E-state index is 13.2. The van der Waals surface area contributed by atoms with Gasteiger partial charge in [-0.3, -0.25) is 14.4 Å². The molecule has 5 nitrogen and oxygen atoms in total. The Balaban J connectivity index is 1.53. The molecule has 0 bridgehead atoms. The number of rotatable bonds is 8. The van der Waals surface area contributed by atoms with Gasteiger partial charge < -0.3 is 10.6 Å². The molecule has 0 saturated heterocycles. The molecule has 2 N–H and O–H groups in total. The topological polar surface area (TPSA) is 75.3 Å². The molecule has 0 saturated carbocycles. The molecule has 8 heteroatoms. The summed E-state index contributed by atoms with van der Waals surface area (Å²) in [7, 11) is 0. The molecule has 0 radical (unpaired) electrons. The van der Waals surface area contributed by atoms with Crippen LogP contribution in [0.4, 0.5) is 11.4 Å². The molecule has 0 aromatic heterocycles. The number of nitrogens with one attached hydrogen (secondary N) is 2. The van der Waals surface area contributed by atoms with Crippen molar-refractivity contribution in [2.24, 2.45) is 0 Å². The molecule has 4 rings (SSSR count). The first kappa shape index (κ1) is 25.8. The van der Waals surface area contributed by atoms with E-state index in [0.717, 1.165) is 4.47 Å². The van der Waals surface area contributed by atoms with E-state index in [1.807, 2.05) is 6.07 Å². The number of benzene rings is 4. The van der Waals surface area contributed by atoms with Crippen molar-refractivity contribution >= 4 is 72.3 Å². The maximum absolute atomic E-state index is 13.2. The van der Waals surface area contributed by atoms with Crippen LogP contribution < -0.4 is 10.6 Å². The summed E-state index contributed by atoms with van der Waals surface area (Å²) in [6.45, 7) is -0.119. The van der Waals surface area contributed by atoms with Gasteiger partial charge in [0.25, 0.3) is 0 Å². The third kappa shape index (κ3) is 6.10. The van der Waals surface area contributed by atoms with E-state index >= 15 is 0 Å². The van der Waals surface area contributed by atoms with E-state index in [9.17, 15) is 14.4 Å². The first-order chi connectivity index (χ1) is 17.3. The molecule has 0 spiro atoms. The molecule has 36 heavy (non-hydrogen) atoms. The predicted molar refractivity (Wildman–Crippen MR) is 150 cm³/mol. The Kier molecular flexibility index (Phi) is 8.36. The minimum Gasteiger partial charge on any atom is -0.376 e. The van der Waals surface area contributed by atoms with E-state index in [0.29, 0.717) is 43.1 Å². The molecular weight excluding hydrogens is 608 g/mol. The van der Waals surface area contributed by atoms with Gasteiger partial charge in [-0.1, -0.05) is 85.9 Å². The highest BCUT2D eigenvalue weighted by Crippen LogP contribution is 2.27. The lowest BCUT2D eigenvalue weighted by Gasteiger charge is -2.14. The second kappa shape index (κ2) is 11.6. The molecular formula is C28H19Br2ClN2O3. The Morgan fingerprint density at radius 1 is 0.667 bits per heavy atom. The molecule has 180 valence electrons. The fourth-order valence-corrected chi connectivity index (χ4v) is 4.52. The van der Waals surface area contributed by atoms with Gasteiger partial charge in [0.15, 0.2) is 11.6 Å². The van der Waals surface area contributed by atoms with E-state index in [1.54, 1.807) is 84.9 Å². The average molecular weight is 627 g/mol. The number of halogens is 3. The minimum absolute atomic E-state index is 0.119. The molecule has 0 aliphatic heterocycles. The number of hydrogen-bond donors (Lipinski definition) is 2. The zero-order valence-electron chi connectivity index (χ0n) is 18.7. The van der Waals surface area contributed by atoms with Crippen LogP contribution in [0.3, 0.4) is 0 Å². The fourth-order valence-electron chi connectivity index (χ4n) is 3.58. The first-order valence-corrected chi connectivity index (χ1v) is 12.8. The molecule has 0 aliphatic rings. The van der Waals surface area contributed by atoms with Gasteiger partial charge in [0.05, 0.1) is 17.3 Å². The van der Waals surface area contributed by atoms with E-state index in [1.165, 1.54) is 0 Å². The van der Waals surface area contributed by atoms with Crippen LogP contribution in [0, 0.1) is 0 Å². The number of carbonyl (C=O) groups excluding carboxylic acids is 3. The quantitative estimate of drug-likeness (QED) is 0.200. The first-order valence-electron chi connectivity index (χ1n) is 10.9. The summed E-state index contributed by atoms with van der Waals surface area (Å²) >= 11 is 13.0. The van der Waals surface area contributed by atoms with E-state index in [4.69, 9.17) is 11.6 Å². The zero-order valence-corrected chi connectivity index (χ0v) is 22.7. The highest BCUT2D eigenvalue weighted by atomic mass is 79.9. The molecule has 0 heterocycles. The van der Waals surface area contributed by atoms with Crippen LogP contribution in [0.25, 0.3) is 0 Å². The van der Waals surface area contributed by atoms with E-state index in [2.05, 4.69) is 42.5 Å². The van der Waals surface area contributed by atoms with Crippen LogP contribution in [0.1, 0.15) is 31.8 Å². The van der Waals surface area contributed by atoms with Gasteiger partial charge in [-0.25, -0.2) is 0 Å². The van der Waals surface area contributed by atoms with Crippen LogP contribution in [0.15, 0.2) is 99.9 Å². The Hall–Kier alpha value is -3.26. The SMILES string of the molecule is O=C(CNc1ccc(Br)cc1C(=O)c1ccccc1)Nc1ccc(Br)cc1C(=O)c1ccccc1Cl. The van der Waals surface area contributed by atoms with Crippen molar-refractivity contribution in [2.45, 2.75) is 0 Å². The summed E-state index contributed by atoms with van der Waals surface area (Å²) < 4.78 is 1.43. The van der Waals surface area contributed by atoms with Crippen LogP contribution in [0.5, 0.6) is 0 Å².